The van der Waals surface area contributed by atoms with Gasteiger partial charge in [0.1, 0.15) is 5.82 Å². The topological polar surface area (TPSA) is 77.4 Å². The van der Waals surface area contributed by atoms with Gasteiger partial charge in [-0.25, -0.2) is 4.98 Å². The smallest absolute Gasteiger partial charge is 0.224 e. The van der Waals surface area contributed by atoms with Gasteiger partial charge in [0, 0.05) is 62.8 Å². The third kappa shape index (κ3) is 3.99. The van der Waals surface area contributed by atoms with Gasteiger partial charge in [-0.2, -0.15) is 4.98 Å². The number of rotatable bonds is 6. The van der Waals surface area contributed by atoms with E-state index in [-0.39, 0.29) is 6.61 Å². The monoisotopic (exact) mass is 378 g/mol. The molecule has 0 amide bonds. The van der Waals surface area contributed by atoms with Crippen molar-refractivity contribution in [3.63, 3.8) is 0 Å². The highest BCUT2D eigenvalue weighted by Gasteiger charge is 2.20. The number of hydrogen-bond donors (Lipinski definition) is 2. The molecule has 0 radical (unpaired) electrons. The zero-order valence-corrected chi connectivity index (χ0v) is 16.2. The minimum atomic E-state index is 0.165. The summed E-state index contributed by atoms with van der Waals surface area (Å²) in [5, 5.41) is 13.3. The molecule has 3 aromatic rings. The van der Waals surface area contributed by atoms with E-state index in [9.17, 15) is 0 Å². The second-order valence-electron chi connectivity index (χ2n) is 7.07. The Hall–Kier alpha value is -2.93. The van der Waals surface area contributed by atoms with Crippen LogP contribution in [0.1, 0.15) is 12.0 Å². The molecule has 1 aliphatic heterocycles. The van der Waals surface area contributed by atoms with Crippen LogP contribution in [0.2, 0.25) is 0 Å². The molecule has 0 aliphatic carbocycles. The minimum Gasteiger partial charge on any atom is -0.396 e. The van der Waals surface area contributed by atoms with E-state index in [1.165, 1.54) is 16.6 Å². The number of aryl methyl sites for hydroxylation is 1. The second-order valence-corrected chi connectivity index (χ2v) is 7.07. The van der Waals surface area contributed by atoms with Crippen LogP contribution in [-0.2, 0) is 0 Å². The van der Waals surface area contributed by atoms with Crippen LogP contribution in [0.25, 0.3) is 10.9 Å². The Morgan fingerprint density at radius 1 is 1.00 bits per heavy atom. The first-order chi connectivity index (χ1) is 13.7. The Kier molecular flexibility index (Phi) is 5.53. The van der Waals surface area contributed by atoms with Crippen LogP contribution in [0.4, 0.5) is 17.5 Å². The van der Waals surface area contributed by atoms with Gasteiger partial charge in [-0.15, -0.1) is 0 Å². The Bertz CT molecular complexity index is 939. The molecule has 1 fully saturated rings. The number of aromatic nitrogens is 3. The lowest BCUT2D eigenvalue weighted by Crippen LogP contribution is -2.47. The maximum atomic E-state index is 8.90. The van der Waals surface area contributed by atoms with Gasteiger partial charge < -0.3 is 20.2 Å². The standard InChI is InChI=1S/C21H26N6O/c1-16-3-4-17-18(15-16)22-8-5-19(17)26-10-12-27(13-11-26)20-6-9-24-21(25-20)23-7-2-14-28/h3-6,8-9,15,28H,2,7,10-14H2,1H3,(H,23,24,25). The largest absolute Gasteiger partial charge is 0.396 e. The molecule has 1 saturated heterocycles. The lowest BCUT2D eigenvalue weighted by molar-refractivity contribution is 0.292. The van der Waals surface area contributed by atoms with E-state index in [0.717, 1.165) is 37.5 Å². The lowest BCUT2D eigenvalue weighted by Gasteiger charge is -2.37. The minimum absolute atomic E-state index is 0.165. The van der Waals surface area contributed by atoms with Crippen LogP contribution >= 0.6 is 0 Å². The highest BCUT2D eigenvalue weighted by Crippen LogP contribution is 2.27. The first-order valence-corrected chi connectivity index (χ1v) is 9.77. The van der Waals surface area contributed by atoms with E-state index < -0.39 is 0 Å². The number of hydrogen-bond acceptors (Lipinski definition) is 7. The van der Waals surface area contributed by atoms with Crippen LogP contribution in [-0.4, -0.2) is 59.4 Å². The van der Waals surface area contributed by atoms with Crippen LogP contribution < -0.4 is 15.1 Å². The number of aliphatic hydroxyl groups excluding tert-OH is 1. The molecule has 1 aliphatic rings. The van der Waals surface area contributed by atoms with Crippen molar-refractivity contribution in [3.8, 4) is 0 Å². The molecule has 3 heterocycles. The molecule has 4 rings (SSSR count). The van der Waals surface area contributed by atoms with Crippen LogP contribution in [0.5, 0.6) is 0 Å². The molecule has 1 aromatic carbocycles. The zero-order valence-electron chi connectivity index (χ0n) is 16.2. The summed E-state index contributed by atoms with van der Waals surface area (Å²) in [6, 6.07) is 10.5. The van der Waals surface area contributed by atoms with Gasteiger partial charge in [-0.3, -0.25) is 4.98 Å². The van der Waals surface area contributed by atoms with Crippen molar-refractivity contribution in [2.45, 2.75) is 13.3 Å². The van der Waals surface area contributed by atoms with Crippen molar-refractivity contribution in [2.75, 3.05) is 54.4 Å². The quantitative estimate of drug-likeness (QED) is 0.638. The number of anilines is 3. The van der Waals surface area contributed by atoms with Gasteiger partial charge in [-0.1, -0.05) is 12.1 Å². The van der Waals surface area contributed by atoms with E-state index in [4.69, 9.17) is 5.11 Å². The summed E-state index contributed by atoms with van der Waals surface area (Å²) in [7, 11) is 0. The van der Waals surface area contributed by atoms with E-state index in [2.05, 4.69) is 61.3 Å². The fourth-order valence-corrected chi connectivity index (χ4v) is 3.58. The van der Waals surface area contributed by atoms with Crippen LogP contribution in [0.3, 0.4) is 0 Å². The SMILES string of the molecule is Cc1ccc2c(N3CCN(c4ccnc(NCCCO)n4)CC3)ccnc2c1. The first-order valence-electron chi connectivity index (χ1n) is 9.77. The average Bonchev–Trinajstić information content (AvgIpc) is 2.74. The molecule has 0 atom stereocenters. The Labute approximate surface area is 165 Å². The summed E-state index contributed by atoms with van der Waals surface area (Å²) >= 11 is 0. The van der Waals surface area contributed by atoms with Gasteiger partial charge in [0.2, 0.25) is 5.95 Å². The molecule has 0 spiro atoms. The summed E-state index contributed by atoms with van der Waals surface area (Å²) in [6.07, 6.45) is 4.37. The van der Waals surface area contributed by atoms with Gasteiger partial charge in [-0.05, 0) is 37.1 Å². The van der Waals surface area contributed by atoms with Gasteiger partial charge in [0.15, 0.2) is 0 Å². The normalized spacial score (nSPS) is 14.5. The highest BCUT2D eigenvalue weighted by molar-refractivity contribution is 5.92. The molecule has 28 heavy (non-hydrogen) atoms. The van der Waals surface area contributed by atoms with Crippen molar-refractivity contribution >= 4 is 28.4 Å². The summed E-state index contributed by atoms with van der Waals surface area (Å²) in [6.45, 7) is 6.61. The van der Waals surface area contributed by atoms with E-state index in [1.54, 1.807) is 6.20 Å². The Balaban J connectivity index is 1.45. The number of benzene rings is 1. The van der Waals surface area contributed by atoms with E-state index >= 15 is 0 Å². The highest BCUT2D eigenvalue weighted by atomic mass is 16.3. The van der Waals surface area contributed by atoms with Gasteiger partial charge in [0.25, 0.3) is 0 Å². The predicted molar refractivity (Wildman–Crippen MR) is 113 cm³/mol. The van der Waals surface area contributed by atoms with E-state index in [1.807, 2.05) is 12.3 Å². The number of aliphatic hydroxyl groups is 1. The van der Waals surface area contributed by atoms with E-state index in [0.29, 0.717) is 18.9 Å². The van der Waals surface area contributed by atoms with Crippen LogP contribution in [0, 0.1) is 6.92 Å². The Morgan fingerprint density at radius 3 is 2.61 bits per heavy atom. The number of pyridine rings is 1. The van der Waals surface area contributed by atoms with Gasteiger partial charge in [0.05, 0.1) is 5.52 Å². The fourth-order valence-electron chi connectivity index (χ4n) is 3.58. The van der Waals surface area contributed by atoms with Crippen molar-refractivity contribution in [3.05, 3.63) is 48.3 Å². The summed E-state index contributed by atoms with van der Waals surface area (Å²) in [5.41, 5.74) is 3.53. The van der Waals surface area contributed by atoms with Crippen molar-refractivity contribution in [1.82, 2.24) is 15.0 Å². The first kappa shape index (κ1) is 18.4. The molecule has 2 aromatic heterocycles. The number of fused-ring (bicyclic) bond motifs is 1. The van der Waals surface area contributed by atoms with Crippen molar-refractivity contribution in [1.29, 1.82) is 0 Å². The van der Waals surface area contributed by atoms with Crippen LogP contribution in [0.15, 0.2) is 42.7 Å². The molecule has 146 valence electrons. The van der Waals surface area contributed by atoms with Crippen molar-refractivity contribution < 1.29 is 5.11 Å². The maximum absolute atomic E-state index is 8.90. The third-order valence-corrected chi connectivity index (χ3v) is 5.08. The fraction of sp³-hybridized carbons (Fsp3) is 0.381. The number of nitrogens with one attached hydrogen (secondary N) is 1. The van der Waals surface area contributed by atoms with Crippen molar-refractivity contribution in [2.24, 2.45) is 0 Å². The molecule has 2 N–H and O–H groups in total. The lowest BCUT2D eigenvalue weighted by atomic mass is 10.1. The summed E-state index contributed by atoms with van der Waals surface area (Å²) in [5.74, 6) is 1.56. The molecular formula is C21H26N6O. The predicted octanol–water partition coefficient (Wildman–Crippen LogP) is 2.45. The summed E-state index contributed by atoms with van der Waals surface area (Å²) in [4.78, 5) is 18.1. The van der Waals surface area contributed by atoms with Gasteiger partial charge >= 0.3 is 0 Å². The molecule has 7 heteroatoms. The number of nitrogens with zero attached hydrogens (tertiary/aromatic N) is 5. The third-order valence-electron chi connectivity index (χ3n) is 5.08. The molecular weight excluding hydrogens is 352 g/mol. The molecule has 7 nitrogen and oxygen atoms in total. The Morgan fingerprint density at radius 2 is 1.79 bits per heavy atom. The average molecular weight is 378 g/mol. The molecule has 0 saturated carbocycles. The maximum Gasteiger partial charge on any atom is 0.224 e. The molecule has 0 bridgehead atoms. The summed E-state index contributed by atoms with van der Waals surface area (Å²) < 4.78 is 0. The molecule has 0 unspecified atom stereocenters. The zero-order chi connectivity index (χ0) is 19.3. The number of piperazine rings is 1. The second kappa shape index (κ2) is 8.39.